The molecule has 1 aromatic carbocycles. The van der Waals surface area contributed by atoms with Crippen molar-refractivity contribution in [1.29, 1.82) is 0 Å². The number of benzene rings is 1. The van der Waals surface area contributed by atoms with Gasteiger partial charge in [-0.2, -0.15) is 0 Å². The monoisotopic (exact) mass is 248 g/mol. The fourth-order valence-electron chi connectivity index (χ4n) is 1.23. The van der Waals surface area contributed by atoms with Crippen molar-refractivity contribution in [2.75, 3.05) is 0 Å². The summed E-state index contributed by atoms with van der Waals surface area (Å²) >= 11 is 17.9. The summed E-state index contributed by atoms with van der Waals surface area (Å²) in [4.78, 5) is 1.99. The van der Waals surface area contributed by atoms with Gasteiger partial charge in [0.25, 0.3) is 0 Å². The highest BCUT2D eigenvalue weighted by Crippen LogP contribution is 2.38. The van der Waals surface area contributed by atoms with Gasteiger partial charge in [-0.25, -0.2) is 0 Å². The van der Waals surface area contributed by atoms with Gasteiger partial charge in [-0.05, 0) is 12.1 Å². The molecule has 1 aromatic heterocycles. The second kappa shape index (κ2) is 3.70. The van der Waals surface area contributed by atoms with Gasteiger partial charge < -0.3 is 0 Å². The molecular weight excluding hydrogens is 243 g/mol. The molecule has 0 bridgehead atoms. The van der Waals surface area contributed by atoms with Crippen LogP contribution in [0.5, 0.6) is 0 Å². The third-order valence-electron chi connectivity index (χ3n) is 1.83. The summed E-state index contributed by atoms with van der Waals surface area (Å²) in [5, 5.41) is 1.77. The van der Waals surface area contributed by atoms with Gasteiger partial charge in [-0.3, -0.25) is 0 Å². The second-order valence-corrected chi connectivity index (χ2v) is 4.88. The van der Waals surface area contributed by atoms with Gasteiger partial charge in [0, 0.05) is 19.9 Å². The lowest BCUT2D eigenvalue weighted by molar-refractivity contribution is 1.41. The van der Waals surface area contributed by atoms with E-state index in [0.29, 0.717) is 5.88 Å². The lowest BCUT2D eigenvalue weighted by atomic mass is 10.2. The molecule has 0 unspecified atom stereocenters. The lowest BCUT2D eigenvalue weighted by Crippen LogP contribution is -1.70. The number of thiol groups is 1. The Labute approximate surface area is 95.9 Å². The highest BCUT2D eigenvalue weighted by molar-refractivity contribution is 7.80. The first kappa shape index (κ1) is 9.66. The van der Waals surface area contributed by atoms with Gasteiger partial charge in [0.05, 0.1) is 10.9 Å². The summed E-state index contributed by atoms with van der Waals surface area (Å²) in [6.07, 6.45) is 0. The SMILES string of the molecule is Sc1c(CCl)sc2cccc(Cl)c12. The molecule has 1 heterocycles. The number of thiophene rings is 1. The molecule has 0 saturated carbocycles. The van der Waals surface area contributed by atoms with E-state index in [4.69, 9.17) is 23.2 Å². The summed E-state index contributed by atoms with van der Waals surface area (Å²) < 4.78 is 1.15. The summed E-state index contributed by atoms with van der Waals surface area (Å²) in [6, 6.07) is 5.84. The van der Waals surface area contributed by atoms with Crippen LogP contribution in [0.15, 0.2) is 23.1 Å². The van der Waals surface area contributed by atoms with Crippen LogP contribution in [0.3, 0.4) is 0 Å². The number of alkyl halides is 1. The molecule has 0 saturated heterocycles. The molecule has 0 aliphatic heterocycles. The average Bonchev–Trinajstić information content (AvgIpc) is 2.44. The van der Waals surface area contributed by atoms with Gasteiger partial charge >= 0.3 is 0 Å². The maximum atomic E-state index is 6.05. The smallest absolute Gasteiger partial charge is 0.0579 e. The first-order chi connectivity index (χ1) is 6.24. The average molecular weight is 249 g/mol. The largest absolute Gasteiger partial charge is 0.142 e. The Hall–Kier alpha value is 0.110. The fraction of sp³-hybridized carbons (Fsp3) is 0.111. The topological polar surface area (TPSA) is 0 Å². The lowest BCUT2D eigenvalue weighted by Gasteiger charge is -1.94. The zero-order valence-corrected chi connectivity index (χ0v) is 9.77. The Bertz CT molecular complexity index is 448. The van der Waals surface area contributed by atoms with Crippen molar-refractivity contribution in [2.24, 2.45) is 0 Å². The van der Waals surface area contributed by atoms with Crippen LogP contribution in [0.2, 0.25) is 5.02 Å². The quantitative estimate of drug-likeness (QED) is 0.555. The molecule has 0 amide bonds. The number of fused-ring (bicyclic) bond motifs is 1. The van der Waals surface area contributed by atoms with E-state index >= 15 is 0 Å². The van der Waals surface area contributed by atoms with E-state index in [1.807, 2.05) is 18.2 Å². The van der Waals surface area contributed by atoms with Crippen LogP contribution in [-0.2, 0) is 5.88 Å². The summed E-state index contributed by atoms with van der Waals surface area (Å²) in [6.45, 7) is 0. The minimum absolute atomic E-state index is 0.495. The summed E-state index contributed by atoms with van der Waals surface area (Å²) in [5.74, 6) is 0.495. The Balaban J connectivity index is 2.85. The predicted molar refractivity (Wildman–Crippen MR) is 63.6 cm³/mol. The third kappa shape index (κ3) is 1.57. The third-order valence-corrected chi connectivity index (χ3v) is 4.37. The van der Waals surface area contributed by atoms with Crippen LogP contribution in [0.25, 0.3) is 10.1 Å². The fourth-order valence-corrected chi connectivity index (χ4v) is 3.52. The first-order valence-corrected chi connectivity index (χ1v) is 5.86. The molecule has 0 fully saturated rings. The van der Waals surface area contributed by atoms with Crippen molar-refractivity contribution < 1.29 is 0 Å². The van der Waals surface area contributed by atoms with Crippen LogP contribution in [0, 0.1) is 0 Å². The highest BCUT2D eigenvalue weighted by atomic mass is 35.5. The standard InChI is InChI=1S/C9H6Cl2S2/c10-4-7-9(12)8-5(11)2-1-3-6(8)13-7/h1-3,12H,4H2. The van der Waals surface area contributed by atoms with Crippen molar-refractivity contribution >= 4 is 57.3 Å². The van der Waals surface area contributed by atoms with Gasteiger partial charge in [0.2, 0.25) is 0 Å². The van der Waals surface area contributed by atoms with Gasteiger partial charge in [0.15, 0.2) is 0 Å². The molecule has 0 spiro atoms. The van der Waals surface area contributed by atoms with Crippen molar-refractivity contribution in [1.82, 2.24) is 0 Å². The van der Waals surface area contributed by atoms with Gasteiger partial charge in [-0.15, -0.1) is 35.6 Å². The van der Waals surface area contributed by atoms with Crippen LogP contribution in [-0.4, -0.2) is 0 Å². The normalized spacial score (nSPS) is 11.0. The van der Waals surface area contributed by atoms with E-state index in [1.54, 1.807) is 11.3 Å². The van der Waals surface area contributed by atoms with E-state index < -0.39 is 0 Å². The van der Waals surface area contributed by atoms with E-state index in [0.717, 1.165) is 24.9 Å². The summed E-state index contributed by atoms with van der Waals surface area (Å²) in [5.41, 5.74) is 0. The minimum atomic E-state index is 0.495. The molecular formula is C9H6Cl2S2. The van der Waals surface area contributed by atoms with E-state index in [1.165, 1.54) is 0 Å². The van der Waals surface area contributed by atoms with E-state index in [-0.39, 0.29) is 0 Å². The molecule has 4 heteroatoms. The van der Waals surface area contributed by atoms with Crippen LogP contribution in [0.4, 0.5) is 0 Å². The predicted octanol–water partition coefficient (Wildman–Crippen LogP) is 4.58. The van der Waals surface area contributed by atoms with E-state index in [2.05, 4.69) is 12.6 Å². The van der Waals surface area contributed by atoms with Crippen molar-refractivity contribution in [3.63, 3.8) is 0 Å². The van der Waals surface area contributed by atoms with Crippen molar-refractivity contribution in [3.05, 3.63) is 28.1 Å². The Morgan fingerprint density at radius 3 is 2.77 bits per heavy atom. The molecule has 0 aliphatic carbocycles. The second-order valence-electron chi connectivity index (χ2n) is 2.62. The van der Waals surface area contributed by atoms with Crippen LogP contribution in [0.1, 0.15) is 4.88 Å². The Morgan fingerprint density at radius 1 is 1.38 bits per heavy atom. The maximum absolute atomic E-state index is 6.05. The zero-order valence-electron chi connectivity index (χ0n) is 6.55. The first-order valence-electron chi connectivity index (χ1n) is 3.69. The number of hydrogen-bond donors (Lipinski definition) is 1. The molecule has 0 atom stereocenters. The molecule has 0 aliphatic rings. The van der Waals surface area contributed by atoms with E-state index in [9.17, 15) is 0 Å². The molecule has 2 rings (SSSR count). The molecule has 13 heavy (non-hydrogen) atoms. The number of hydrogen-bond acceptors (Lipinski definition) is 2. The molecule has 0 N–H and O–H groups in total. The minimum Gasteiger partial charge on any atom is -0.142 e. The maximum Gasteiger partial charge on any atom is 0.0579 e. The molecule has 0 nitrogen and oxygen atoms in total. The Morgan fingerprint density at radius 2 is 2.15 bits per heavy atom. The van der Waals surface area contributed by atoms with Crippen molar-refractivity contribution in [2.45, 2.75) is 10.8 Å². The van der Waals surface area contributed by atoms with Crippen molar-refractivity contribution in [3.8, 4) is 0 Å². The Kier molecular flexibility index (Phi) is 2.75. The molecule has 0 radical (unpaired) electrons. The van der Waals surface area contributed by atoms with Gasteiger partial charge in [0.1, 0.15) is 0 Å². The van der Waals surface area contributed by atoms with Gasteiger partial charge in [-0.1, -0.05) is 17.7 Å². The molecule has 2 aromatic rings. The van der Waals surface area contributed by atoms with Crippen LogP contribution < -0.4 is 0 Å². The van der Waals surface area contributed by atoms with Crippen LogP contribution >= 0.6 is 47.2 Å². The zero-order chi connectivity index (χ0) is 9.42. The number of rotatable bonds is 1. The summed E-state index contributed by atoms with van der Waals surface area (Å²) in [7, 11) is 0. The number of halogens is 2. The highest BCUT2D eigenvalue weighted by Gasteiger charge is 2.10. The molecule has 68 valence electrons.